The first-order valence-corrected chi connectivity index (χ1v) is 10.3. The van der Waals surface area contributed by atoms with Gasteiger partial charge in [0.2, 0.25) is 0 Å². The molecule has 1 aromatic heterocycles. The lowest BCUT2D eigenvalue weighted by Gasteiger charge is -2.10. The number of hydrogen-bond acceptors (Lipinski definition) is 6. The summed E-state index contributed by atoms with van der Waals surface area (Å²) in [5, 5.41) is 7.96. The van der Waals surface area contributed by atoms with E-state index in [2.05, 4.69) is 30.5 Å². The van der Waals surface area contributed by atoms with Crippen LogP contribution in [-0.2, 0) is 0 Å². The molecule has 0 spiro atoms. The van der Waals surface area contributed by atoms with E-state index in [9.17, 15) is 13.2 Å². The standard InChI is InChI=1S/C24H17ClF3N5O/c25-18-8-10-19(11-9-18)30-21-14-22(32-23(31-21)17-4-2-1-3-5-17)33-29-15-16-6-12-20(13-7-16)34-24(26,27)28/h1-15H,(H2,30,31,32,33). The van der Waals surface area contributed by atoms with Crippen LogP contribution in [0, 0.1) is 0 Å². The number of nitrogens with one attached hydrogen (secondary N) is 2. The number of ether oxygens (including phenoxy) is 1. The molecule has 4 rings (SSSR count). The minimum Gasteiger partial charge on any atom is -0.406 e. The van der Waals surface area contributed by atoms with Crippen molar-refractivity contribution in [2.75, 3.05) is 10.7 Å². The van der Waals surface area contributed by atoms with Gasteiger partial charge >= 0.3 is 6.36 Å². The summed E-state index contributed by atoms with van der Waals surface area (Å²) in [5.74, 6) is 1.12. The molecular formula is C24H17ClF3N5O. The second-order valence-corrected chi connectivity index (χ2v) is 7.38. The van der Waals surface area contributed by atoms with Gasteiger partial charge in [0.25, 0.3) is 0 Å². The Labute approximate surface area is 198 Å². The average molecular weight is 484 g/mol. The van der Waals surface area contributed by atoms with Gasteiger partial charge in [0.15, 0.2) is 11.6 Å². The Balaban J connectivity index is 1.53. The Kier molecular flexibility index (Phi) is 6.93. The van der Waals surface area contributed by atoms with Crippen molar-refractivity contribution in [3.05, 3.63) is 95.5 Å². The smallest absolute Gasteiger partial charge is 0.406 e. The second kappa shape index (κ2) is 10.2. The molecule has 2 N–H and O–H groups in total. The third-order valence-corrected chi connectivity index (χ3v) is 4.63. The molecule has 0 saturated heterocycles. The molecule has 0 bridgehead atoms. The highest BCUT2D eigenvalue weighted by Crippen LogP contribution is 2.24. The van der Waals surface area contributed by atoms with Crippen molar-refractivity contribution in [1.82, 2.24) is 9.97 Å². The van der Waals surface area contributed by atoms with Crippen molar-refractivity contribution in [1.29, 1.82) is 0 Å². The van der Waals surface area contributed by atoms with E-state index in [1.807, 2.05) is 42.5 Å². The number of aromatic nitrogens is 2. The Morgan fingerprint density at radius 3 is 2.21 bits per heavy atom. The number of nitrogens with zero attached hydrogens (tertiary/aromatic N) is 3. The summed E-state index contributed by atoms with van der Waals surface area (Å²) in [5.41, 5.74) is 5.01. The predicted molar refractivity (Wildman–Crippen MR) is 127 cm³/mol. The minimum atomic E-state index is -4.74. The molecule has 0 amide bonds. The first-order chi connectivity index (χ1) is 16.3. The Hall–Kier alpha value is -4.11. The summed E-state index contributed by atoms with van der Waals surface area (Å²) in [6, 6.07) is 23.6. The molecule has 4 aromatic rings. The fourth-order valence-corrected chi connectivity index (χ4v) is 3.02. The van der Waals surface area contributed by atoms with Crippen LogP contribution in [0.5, 0.6) is 5.75 Å². The molecule has 34 heavy (non-hydrogen) atoms. The van der Waals surface area contributed by atoms with Crippen LogP contribution in [0.15, 0.2) is 90.0 Å². The number of hydrazone groups is 1. The Bertz CT molecular complexity index is 1260. The molecule has 172 valence electrons. The van der Waals surface area contributed by atoms with Gasteiger partial charge in [0.1, 0.15) is 11.6 Å². The SMILES string of the molecule is FC(F)(F)Oc1ccc(C=NNc2cc(Nc3ccc(Cl)cc3)nc(-c3ccccc3)n2)cc1. The summed E-state index contributed by atoms with van der Waals surface area (Å²) in [6.07, 6.45) is -3.29. The van der Waals surface area contributed by atoms with Crippen LogP contribution in [0.2, 0.25) is 5.02 Å². The number of hydrogen-bond donors (Lipinski definition) is 2. The van der Waals surface area contributed by atoms with E-state index in [0.717, 1.165) is 11.3 Å². The van der Waals surface area contributed by atoms with Crippen LogP contribution in [-0.4, -0.2) is 22.5 Å². The zero-order chi connectivity index (χ0) is 24.0. The van der Waals surface area contributed by atoms with Gasteiger partial charge in [-0.3, -0.25) is 5.43 Å². The highest BCUT2D eigenvalue weighted by atomic mass is 35.5. The second-order valence-electron chi connectivity index (χ2n) is 6.95. The van der Waals surface area contributed by atoms with Gasteiger partial charge < -0.3 is 10.1 Å². The van der Waals surface area contributed by atoms with Crippen molar-refractivity contribution in [3.63, 3.8) is 0 Å². The van der Waals surface area contributed by atoms with Crippen LogP contribution in [0.1, 0.15) is 5.56 Å². The van der Waals surface area contributed by atoms with Crippen molar-refractivity contribution in [2.45, 2.75) is 6.36 Å². The quantitative estimate of drug-likeness (QED) is 0.221. The third-order valence-electron chi connectivity index (χ3n) is 4.38. The van der Waals surface area contributed by atoms with E-state index in [-0.39, 0.29) is 5.75 Å². The number of alkyl halides is 3. The largest absolute Gasteiger partial charge is 0.573 e. The highest BCUT2D eigenvalue weighted by Gasteiger charge is 2.30. The molecule has 0 aliphatic rings. The van der Waals surface area contributed by atoms with Crippen LogP contribution in [0.4, 0.5) is 30.5 Å². The lowest BCUT2D eigenvalue weighted by atomic mass is 10.2. The normalized spacial score (nSPS) is 11.4. The first-order valence-electron chi connectivity index (χ1n) is 9.96. The summed E-state index contributed by atoms with van der Waals surface area (Å²) in [6.45, 7) is 0. The lowest BCUT2D eigenvalue weighted by Crippen LogP contribution is -2.17. The molecule has 6 nitrogen and oxygen atoms in total. The first kappa shape index (κ1) is 23.1. The maximum atomic E-state index is 12.3. The Morgan fingerprint density at radius 1 is 0.853 bits per heavy atom. The van der Waals surface area contributed by atoms with E-state index in [1.54, 1.807) is 18.2 Å². The number of rotatable bonds is 7. The van der Waals surface area contributed by atoms with Crippen LogP contribution >= 0.6 is 11.6 Å². The number of anilines is 3. The molecule has 0 aliphatic heterocycles. The van der Waals surface area contributed by atoms with Gasteiger partial charge in [-0.25, -0.2) is 9.97 Å². The molecular weight excluding hydrogens is 467 g/mol. The van der Waals surface area contributed by atoms with Gasteiger partial charge in [-0.2, -0.15) is 5.10 Å². The molecule has 0 fully saturated rings. The average Bonchev–Trinajstić information content (AvgIpc) is 2.81. The molecule has 0 radical (unpaired) electrons. The fraction of sp³-hybridized carbons (Fsp3) is 0.0417. The van der Waals surface area contributed by atoms with Crippen molar-refractivity contribution in [3.8, 4) is 17.1 Å². The maximum Gasteiger partial charge on any atom is 0.573 e. The molecule has 0 atom stereocenters. The molecule has 0 unspecified atom stereocenters. The summed E-state index contributed by atoms with van der Waals surface area (Å²) < 4.78 is 40.7. The van der Waals surface area contributed by atoms with E-state index in [1.165, 1.54) is 30.5 Å². The minimum absolute atomic E-state index is 0.307. The van der Waals surface area contributed by atoms with Crippen LogP contribution in [0.3, 0.4) is 0 Å². The topological polar surface area (TPSA) is 71.4 Å². The lowest BCUT2D eigenvalue weighted by molar-refractivity contribution is -0.274. The fourth-order valence-electron chi connectivity index (χ4n) is 2.89. The maximum absolute atomic E-state index is 12.3. The molecule has 1 heterocycles. The van der Waals surface area contributed by atoms with Crippen molar-refractivity contribution >= 4 is 35.1 Å². The van der Waals surface area contributed by atoms with Gasteiger partial charge in [-0.1, -0.05) is 41.9 Å². The molecule has 10 heteroatoms. The number of benzene rings is 3. The summed E-state index contributed by atoms with van der Waals surface area (Å²) >= 11 is 5.95. The van der Waals surface area contributed by atoms with E-state index in [4.69, 9.17) is 11.6 Å². The summed E-state index contributed by atoms with van der Waals surface area (Å²) in [7, 11) is 0. The highest BCUT2D eigenvalue weighted by molar-refractivity contribution is 6.30. The Morgan fingerprint density at radius 2 is 1.53 bits per heavy atom. The van der Waals surface area contributed by atoms with Gasteiger partial charge in [0.05, 0.1) is 6.21 Å². The van der Waals surface area contributed by atoms with E-state index in [0.29, 0.717) is 28.0 Å². The number of halogens is 4. The van der Waals surface area contributed by atoms with Crippen LogP contribution in [0.25, 0.3) is 11.4 Å². The van der Waals surface area contributed by atoms with Crippen molar-refractivity contribution < 1.29 is 17.9 Å². The third kappa shape index (κ3) is 6.69. The van der Waals surface area contributed by atoms with E-state index >= 15 is 0 Å². The summed E-state index contributed by atoms with van der Waals surface area (Å²) in [4.78, 5) is 9.08. The van der Waals surface area contributed by atoms with E-state index < -0.39 is 6.36 Å². The van der Waals surface area contributed by atoms with Crippen LogP contribution < -0.4 is 15.5 Å². The molecule has 3 aromatic carbocycles. The predicted octanol–water partition coefficient (Wildman–Crippen LogP) is 6.89. The zero-order valence-corrected chi connectivity index (χ0v) is 18.2. The molecule has 0 saturated carbocycles. The van der Waals surface area contributed by atoms with Gasteiger partial charge in [-0.05, 0) is 54.1 Å². The van der Waals surface area contributed by atoms with Gasteiger partial charge in [-0.15, -0.1) is 13.2 Å². The van der Waals surface area contributed by atoms with Crippen molar-refractivity contribution in [2.24, 2.45) is 5.10 Å². The monoisotopic (exact) mass is 483 g/mol. The molecule has 0 aliphatic carbocycles. The van der Waals surface area contributed by atoms with Gasteiger partial charge in [0, 0.05) is 22.3 Å². The zero-order valence-electron chi connectivity index (χ0n) is 17.4.